The minimum Gasteiger partial charge on any atom is -0.363 e. The number of benzene rings is 1. The molecule has 0 aliphatic rings. The van der Waals surface area contributed by atoms with Crippen molar-refractivity contribution >= 4 is 29.1 Å². The van der Waals surface area contributed by atoms with E-state index in [4.69, 9.17) is 0 Å². The topological polar surface area (TPSA) is 86.4 Å². The average molecular weight is 341 g/mol. The molecule has 0 bridgehead atoms. The fourth-order valence-corrected chi connectivity index (χ4v) is 2.06. The van der Waals surface area contributed by atoms with Crippen LogP contribution in [0.1, 0.15) is 18.9 Å². The van der Waals surface area contributed by atoms with Crippen LogP contribution in [-0.2, 0) is 11.3 Å². The molecule has 0 saturated heterocycles. The van der Waals surface area contributed by atoms with E-state index < -0.39 is 0 Å². The number of anilines is 3. The summed E-state index contributed by atoms with van der Waals surface area (Å²) in [5.74, 6) is 0.789. The van der Waals surface area contributed by atoms with Crippen molar-refractivity contribution in [3.8, 4) is 0 Å². The van der Waals surface area contributed by atoms with E-state index in [0.717, 1.165) is 11.4 Å². The Morgan fingerprint density at radius 1 is 1.04 bits per heavy atom. The van der Waals surface area contributed by atoms with E-state index in [-0.39, 0.29) is 11.9 Å². The number of aromatic nitrogens is 1. The number of nitrogens with zero attached hydrogens (tertiary/aromatic N) is 2. The Bertz CT molecular complexity index is 729. The van der Waals surface area contributed by atoms with Crippen LogP contribution in [0.3, 0.4) is 0 Å². The van der Waals surface area contributed by atoms with Gasteiger partial charge in [0, 0.05) is 44.6 Å². The van der Waals surface area contributed by atoms with Crippen LogP contribution in [0.15, 0.2) is 42.6 Å². The van der Waals surface area contributed by atoms with Gasteiger partial charge in [-0.25, -0.2) is 9.78 Å². The zero-order valence-electron chi connectivity index (χ0n) is 14.7. The molecule has 3 N–H and O–H groups in total. The first-order valence-corrected chi connectivity index (χ1v) is 8.05. The number of pyridine rings is 1. The summed E-state index contributed by atoms with van der Waals surface area (Å²) >= 11 is 0. The number of hydrogen-bond acceptors (Lipinski definition) is 4. The van der Waals surface area contributed by atoms with Crippen molar-refractivity contribution in [3.63, 3.8) is 0 Å². The smallest absolute Gasteiger partial charge is 0.319 e. The Hall–Kier alpha value is -3.09. The number of carbonyl (C=O) groups is 2. The summed E-state index contributed by atoms with van der Waals surface area (Å²) in [6.45, 7) is 2.19. The number of urea groups is 1. The van der Waals surface area contributed by atoms with Gasteiger partial charge in [0.25, 0.3) is 0 Å². The molecule has 0 aliphatic heterocycles. The third-order valence-corrected chi connectivity index (χ3v) is 3.47. The van der Waals surface area contributed by atoms with Gasteiger partial charge in [0.1, 0.15) is 5.82 Å². The molecule has 7 heteroatoms. The van der Waals surface area contributed by atoms with Crippen LogP contribution in [0.2, 0.25) is 0 Å². The second kappa shape index (κ2) is 8.68. The predicted molar refractivity (Wildman–Crippen MR) is 99.8 cm³/mol. The van der Waals surface area contributed by atoms with E-state index in [1.165, 1.54) is 0 Å². The maximum Gasteiger partial charge on any atom is 0.319 e. The number of hydrogen-bond donors (Lipinski definition) is 3. The highest BCUT2D eigenvalue weighted by molar-refractivity contribution is 5.92. The van der Waals surface area contributed by atoms with Gasteiger partial charge in [0.15, 0.2) is 0 Å². The zero-order valence-corrected chi connectivity index (χ0v) is 14.7. The van der Waals surface area contributed by atoms with Crippen molar-refractivity contribution < 1.29 is 9.59 Å². The minimum atomic E-state index is -0.298. The lowest BCUT2D eigenvalue weighted by atomic mass is 10.2. The molecule has 0 fully saturated rings. The number of rotatable bonds is 6. The molecule has 3 amide bonds. The van der Waals surface area contributed by atoms with Crippen LogP contribution in [0.4, 0.5) is 22.0 Å². The summed E-state index contributed by atoms with van der Waals surface area (Å²) in [6.07, 6.45) is 2.14. The number of nitrogens with one attached hydrogen (secondary N) is 3. The summed E-state index contributed by atoms with van der Waals surface area (Å²) in [4.78, 5) is 29.5. The van der Waals surface area contributed by atoms with E-state index >= 15 is 0 Å². The lowest BCUT2D eigenvalue weighted by Crippen LogP contribution is -2.28. The van der Waals surface area contributed by atoms with E-state index in [0.29, 0.717) is 24.3 Å². The maximum atomic E-state index is 12.0. The predicted octanol–water partition coefficient (Wildman–Crippen LogP) is 2.82. The molecule has 1 aromatic carbocycles. The Balaban J connectivity index is 1.86. The highest BCUT2D eigenvalue weighted by Gasteiger charge is 2.04. The van der Waals surface area contributed by atoms with E-state index in [9.17, 15) is 9.59 Å². The highest BCUT2D eigenvalue weighted by Crippen LogP contribution is 2.14. The van der Waals surface area contributed by atoms with Gasteiger partial charge in [-0.15, -0.1) is 0 Å². The fourth-order valence-electron chi connectivity index (χ4n) is 2.06. The third-order valence-electron chi connectivity index (χ3n) is 3.47. The van der Waals surface area contributed by atoms with Crippen molar-refractivity contribution in [1.82, 2.24) is 10.3 Å². The quantitative estimate of drug-likeness (QED) is 0.754. The van der Waals surface area contributed by atoms with E-state index in [1.54, 1.807) is 37.4 Å². The fraction of sp³-hybridized carbons (Fsp3) is 0.278. The van der Waals surface area contributed by atoms with E-state index in [1.807, 2.05) is 31.1 Å². The SMILES string of the molecule is CCC(=O)Nc1ccc(NC(=O)NCc2ccnc(N(C)C)c2)cc1. The summed E-state index contributed by atoms with van der Waals surface area (Å²) in [5.41, 5.74) is 2.31. The molecule has 1 aromatic heterocycles. The average Bonchev–Trinajstić information content (AvgIpc) is 2.61. The molecule has 7 nitrogen and oxygen atoms in total. The van der Waals surface area contributed by atoms with Crippen molar-refractivity contribution in [2.45, 2.75) is 19.9 Å². The molecular formula is C18H23N5O2. The van der Waals surface area contributed by atoms with Crippen LogP contribution in [0, 0.1) is 0 Å². The maximum absolute atomic E-state index is 12.0. The summed E-state index contributed by atoms with van der Waals surface area (Å²) in [7, 11) is 3.83. The zero-order chi connectivity index (χ0) is 18.2. The summed E-state index contributed by atoms with van der Waals surface area (Å²) in [5, 5.41) is 8.31. The normalized spacial score (nSPS) is 10.0. The van der Waals surface area contributed by atoms with Crippen LogP contribution >= 0.6 is 0 Å². The molecule has 2 rings (SSSR count). The lowest BCUT2D eigenvalue weighted by Gasteiger charge is -2.13. The summed E-state index contributed by atoms with van der Waals surface area (Å²) < 4.78 is 0. The monoisotopic (exact) mass is 341 g/mol. The molecule has 0 radical (unpaired) electrons. The van der Waals surface area contributed by atoms with Gasteiger partial charge in [-0.1, -0.05) is 6.92 Å². The van der Waals surface area contributed by atoms with Crippen LogP contribution in [-0.4, -0.2) is 31.0 Å². The van der Waals surface area contributed by atoms with Gasteiger partial charge >= 0.3 is 6.03 Å². The summed E-state index contributed by atoms with van der Waals surface area (Å²) in [6, 6.07) is 10.5. The van der Waals surface area contributed by atoms with Gasteiger partial charge in [-0.05, 0) is 42.0 Å². The van der Waals surface area contributed by atoms with Gasteiger partial charge in [-0.2, -0.15) is 0 Å². The number of amides is 3. The van der Waals surface area contributed by atoms with Gasteiger partial charge in [0.2, 0.25) is 5.91 Å². The second-order valence-corrected chi connectivity index (χ2v) is 5.70. The molecule has 0 atom stereocenters. The Kier molecular flexibility index (Phi) is 6.33. The van der Waals surface area contributed by atoms with Crippen LogP contribution in [0.5, 0.6) is 0 Å². The first kappa shape index (κ1) is 18.3. The van der Waals surface area contributed by atoms with Crippen molar-refractivity contribution in [1.29, 1.82) is 0 Å². The molecule has 1 heterocycles. The molecule has 0 unspecified atom stereocenters. The molecule has 25 heavy (non-hydrogen) atoms. The molecule has 132 valence electrons. The molecule has 0 spiro atoms. The van der Waals surface area contributed by atoms with Crippen LogP contribution < -0.4 is 20.9 Å². The highest BCUT2D eigenvalue weighted by atomic mass is 16.2. The second-order valence-electron chi connectivity index (χ2n) is 5.70. The number of carbonyl (C=O) groups excluding carboxylic acids is 2. The Morgan fingerprint density at radius 3 is 2.28 bits per heavy atom. The van der Waals surface area contributed by atoms with Crippen molar-refractivity contribution in [2.75, 3.05) is 29.6 Å². The first-order chi connectivity index (χ1) is 12.0. The van der Waals surface area contributed by atoms with Crippen molar-refractivity contribution in [2.24, 2.45) is 0 Å². The lowest BCUT2D eigenvalue weighted by molar-refractivity contribution is -0.115. The molecular weight excluding hydrogens is 318 g/mol. The van der Waals surface area contributed by atoms with Crippen LogP contribution in [0.25, 0.3) is 0 Å². The third kappa shape index (κ3) is 5.80. The van der Waals surface area contributed by atoms with Gasteiger partial charge < -0.3 is 20.9 Å². The minimum absolute atomic E-state index is 0.0482. The molecule has 0 aliphatic carbocycles. The largest absolute Gasteiger partial charge is 0.363 e. The Labute approximate surface area is 147 Å². The standard InChI is InChI=1S/C18H23N5O2/c1-4-17(24)21-14-5-7-15(8-6-14)22-18(25)20-12-13-9-10-19-16(11-13)23(2)3/h5-11H,4,12H2,1-3H3,(H,21,24)(H2,20,22,25). The van der Waals surface area contributed by atoms with Gasteiger partial charge in [-0.3, -0.25) is 4.79 Å². The molecule has 2 aromatic rings. The van der Waals surface area contributed by atoms with Crippen molar-refractivity contribution in [3.05, 3.63) is 48.2 Å². The van der Waals surface area contributed by atoms with E-state index in [2.05, 4.69) is 20.9 Å². The molecule has 0 saturated carbocycles. The Morgan fingerprint density at radius 2 is 1.68 bits per heavy atom. The first-order valence-electron chi connectivity index (χ1n) is 8.05. The van der Waals surface area contributed by atoms with Gasteiger partial charge in [0.05, 0.1) is 0 Å².